The van der Waals surface area contributed by atoms with Crippen molar-refractivity contribution in [3.63, 3.8) is 0 Å². The van der Waals surface area contributed by atoms with Crippen molar-refractivity contribution in [2.45, 2.75) is 24.3 Å². The van der Waals surface area contributed by atoms with E-state index >= 15 is 0 Å². The molecular formula is C23H23ClN2O5S. The molecule has 3 aromatic carbocycles. The summed E-state index contributed by atoms with van der Waals surface area (Å²) < 4.78 is 38.6. The van der Waals surface area contributed by atoms with Gasteiger partial charge in [-0.15, -0.1) is 0 Å². The summed E-state index contributed by atoms with van der Waals surface area (Å²) in [6.45, 7) is 1.83. The van der Waals surface area contributed by atoms with Gasteiger partial charge in [0, 0.05) is 11.8 Å². The van der Waals surface area contributed by atoms with Gasteiger partial charge in [-0.25, -0.2) is 8.42 Å². The highest BCUT2D eigenvalue weighted by Crippen LogP contribution is 2.25. The van der Waals surface area contributed by atoms with Gasteiger partial charge in [0.25, 0.3) is 15.9 Å². The number of carbonyl (C=O) groups is 1. The van der Waals surface area contributed by atoms with Crippen molar-refractivity contribution in [3.8, 4) is 11.5 Å². The number of methoxy groups -OCH3 is 1. The Morgan fingerprint density at radius 3 is 2.34 bits per heavy atom. The molecule has 0 radical (unpaired) electrons. The number of hydrogen-bond donors (Lipinski definition) is 2. The summed E-state index contributed by atoms with van der Waals surface area (Å²) in [5, 5.41) is 3.04. The van der Waals surface area contributed by atoms with Gasteiger partial charge in [0.1, 0.15) is 11.5 Å². The predicted octanol–water partition coefficient (Wildman–Crippen LogP) is 4.95. The molecule has 0 aromatic heterocycles. The van der Waals surface area contributed by atoms with E-state index in [9.17, 15) is 13.2 Å². The van der Waals surface area contributed by atoms with Crippen LogP contribution in [0.4, 0.5) is 11.4 Å². The van der Waals surface area contributed by atoms with E-state index in [0.717, 1.165) is 0 Å². The van der Waals surface area contributed by atoms with Gasteiger partial charge < -0.3 is 14.8 Å². The minimum absolute atomic E-state index is 0.0371. The van der Waals surface area contributed by atoms with E-state index in [1.54, 1.807) is 55.6 Å². The van der Waals surface area contributed by atoms with Gasteiger partial charge in [-0.1, -0.05) is 36.7 Å². The maximum atomic E-state index is 12.7. The normalized spacial score (nSPS) is 12.0. The van der Waals surface area contributed by atoms with Crippen LogP contribution in [0.1, 0.15) is 13.3 Å². The summed E-state index contributed by atoms with van der Waals surface area (Å²) in [4.78, 5) is 12.7. The number of rotatable bonds is 9. The Balaban J connectivity index is 1.67. The Hall–Kier alpha value is -3.23. The number of carbonyl (C=O) groups excluding carboxylic acids is 1. The van der Waals surface area contributed by atoms with Gasteiger partial charge in [0.15, 0.2) is 6.10 Å². The first-order valence-electron chi connectivity index (χ1n) is 9.81. The number of amides is 1. The molecule has 0 heterocycles. The molecule has 0 bridgehead atoms. The Morgan fingerprint density at radius 1 is 1.00 bits per heavy atom. The number of benzene rings is 3. The van der Waals surface area contributed by atoms with E-state index in [1.165, 1.54) is 24.3 Å². The molecule has 32 heavy (non-hydrogen) atoms. The van der Waals surface area contributed by atoms with Gasteiger partial charge in [0.2, 0.25) is 0 Å². The Kier molecular flexibility index (Phi) is 7.61. The summed E-state index contributed by atoms with van der Waals surface area (Å²) >= 11 is 6.03. The molecule has 0 unspecified atom stereocenters. The number of para-hydroxylation sites is 1. The van der Waals surface area contributed by atoms with Gasteiger partial charge in [0.05, 0.1) is 22.7 Å². The Morgan fingerprint density at radius 2 is 1.69 bits per heavy atom. The fraction of sp³-hybridized carbons (Fsp3) is 0.174. The van der Waals surface area contributed by atoms with Gasteiger partial charge in [-0.2, -0.15) is 0 Å². The van der Waals surface area contributed by atoms with E-state index in [0.29, 0.717) is 28.6 Å². The molecule has 0 spiro atoms. The summed E-state index contributed by atoms with van der Waals surface area (Å²) in [5.74, 6) is 0.790. The molecule has 3 rings (SSSR count). The third-order valence-electron chi connectivity index (χ3n) is 4.53. The lowest BCUT2D eigenvalue weighted by Crippen LogP contribution is -2.32. The maximum Gasteiger partial charge on any atom is 0.265 e. The van der Waals surface area contributed by atoms with Crippen LogP contribution in [-0.4, -0.2) is 27.5 Å². The number of anilines is 2. The molecule has 7 nitrogen and oxygen atoms in total. The fourth-order valence-corrected chi connectivity index (χ4v) is 4.17. The number of halogens is 1. The quantitative estimate of drug-likeness (QED) is 0.458. The highest BCUT2D eigenvalue weighted by atomic mass is 35.5. The average Bonchev–Trinajstić information content (AvgIpc) is 2.79. The van der Waals surface area contributed by atoms with Crippen LogP contribution in [0.5, 0.6) is 11.5 Å². The largest absolute Gasteiger partial charge is 0.497 e. The van der Waals surface area contributed by atoms with Crippen LogP contribution in [0.2, 0.25) is 5.02 Å². The zero-order chi connectivity index (χ0) is 23.1. The van der Waals surface area contributed by atoms with E-state index in [-0.39, 0.29) is 16.5 Å². The number of hydrogen-bond acceptors (Lipinski definition) is 5. The van der Waals surface area contributed by atoms with Crippen LogP contribution < -0.4 is 19.5 Å². The highest BCUT2D eigenvalue weighted by Gasteiger charge is 2.20. The van der Waals surface area contributed by atoms with Gasteiger partial charge >= 0.3 is 0 Å². The van der Waals surface area contributed by atoms with Crippen LogP contribution in [0.25, 0.3) is 0 Å². The molecule has 0 aliphatic carbocycles. The average molecular weight is 475 g/mol. The lowest BCUT2D eigenvalue weighted by atomic mass is 10.2. The van der Waals surface area contributed by atoms with Crippen molar-refractivity contribution in [3.05, 3.63) is 77.8 Å². The second kappa shape index (κ2) is 10.4. The van der Waals surface area contributed by atoms with Crippen LogP contribution in [0.3, 0.4) is 0 Å². The van der Waals surface area contributed by atoms with Crippen LogP contribution in [0, 0.1) is 0 Å². The molecule has 1 amide bonds. The predicted molar refractivity (Wildman–Crippen MR) is 125 cm³/mol. The first-order chi connectivity index (χ1) is 15.3. The summed E-state index contributed by atoms with van der Waals surface area (Å²) in [7, 11) is -2.28. The van der Waals surface area contributed by atoms with E-state index in [1.807, 2.05) is 6.92 Å². The van der Waals surface area contributed by atoms with E-state index in [4.69, 9.17) is 21.1 Å². The SMILES string of the molecule is CC[C@H](Oc1cccc(OC)c1)C(=O)Nc1ccc(S(=O)(=O)Nc2ccccc2Cl)cc1. The van der Waals surface area contributed by atoms with Crippen molar-refractivity contribution in [1.82, 2.24) is 0 Å². The fourth-order valence-electron chi connectivity index (χ4n) is 2.85. The standard InChI is InChI=1S/C23H23ClN2O5S/c1-3-22(31-18-8-6-7-17(15-18)30-2)23(27)25-16-11-13-19(14-12-16)32(28,29)26-21-10-5-4-9-20(21)24/h4-15,22,26H,3H2,1-2H3,(H,25,27)/t22-/m0/s1. The minimum Gasteiger partial charge on any atom is -0.497 e. The smallest absolute Gasteiger partial charge is 0.265 e. The number of nitrogens with one attached hydrogen (secondary N) is 2. The van der Waals surface area contributed by atoms with Crippen LogP contribution >= 0.6 is 11.6 Å². The minimum atomic E-state index is -3.83. The van der Waals surface area contributed by atoms with Crippen molar-refractivity contribution in [2.75, 3.05) is 17.1 Å². The van der Waals surface area contributed by atoms with Crippen molar-refractivity contribution >= 4 is 38.9 Å². The zero-order valence-corrected chi connectivity index (χ0v) is 19.1. The van der Waals surface area contributed by atoms with Gasteiger partial charge in [-0.05, 0) is 55.0 Å². The molecule has 168 valence electrons. The molecule has 0 saturated carbocycles. The third kappa shape index (κ3) is 5.93. The molecule has 0 aliphatic heterocycles. The van der Waals surface area contributed by atoms with E-state index < -0.39 is 16.1 Å². The van der Waals surface area contributed by atoms with Crippen LogP contribution in [-0.2, 0) is 14.8 Å². The molecular weight excluding hydrogens is 452 g/mol. The topological polar surface area (TPSA) is 93.7 Å². The number of ether oxygens (including phenoxy) is 2. The lowest BCUT2D eigenvalue weighted by molar-refractivity contribution is -0.122. The molecule has 9 heteroatoms. The zero-order valence-electron chi connectivity index (χ0n) is 17.5. The molecule has 2 N–H and O–H groups in total. The summed E-state index contributed by atoms with van der Waals surface area (Å²) in [6.07, 6.45) is -0.288. The lowest BCUT2D eigenvalue weighted by Gasteiger charge is -2.18. The molecule has 3 aromatic rings. The van der Waals surface area contributed by atoms with Crippen LogP contribution in [0.15, 0.2) is 77.7 Å². The molecule has 0 saturated heterocycles. The first-order valence-corrected chi connectivity index (χ1v) is 11.7. The second-order valence-electron chi connectivity index (χ2n) is 6.79. The first kappa shape index (κ1) is 23.4. The van der Waals surface area contributed by atoms with E-state index in [2.05, 4.69) is 10.0 Å². The molecule has 1 atom stereocenters. The molecule has 0 aliphatic rings. The maximum absolute atomic E-state index is 12.7. The highest BCUT2D eigenvalue weighted by molar-refractivity contribution is 7.92. The van der Waals surface area contributed by atoms with Gasteiger partial charge in [-0.3, -0.25) is 9.52 Å². The summed E-state index contributed by atoms with van der Waals surface area (Å²) in [6, 6.07) is 19.4. The van der Waals surface area contributed by atoms with Crippen molar-refractivity contribution < 1.29 is 22.7 Å². The third-order valence-corrected chi connectivity index (χ3v) is 6.24. The second-order valence-corrected chi connectivity index (χ2v) is 8.88. The Labute approximate surface area is 192 Å². The monoisotopic (exact) mass is 474 g/mol. The van der Waals surface area contributed by atoms with Crippen molar-refractivity contribution in [2.24, 2.45) is 0 Å². The number of sulfonamides is 1. The Bertz CT molecular complexity index is 1180. The summed E-state index contributed by atoms with van der Waals surface area (Å²) in [5.41, 5.74) is 0.728. The molecule has 0 fully saturated rings. The van der Waals surface area contributed by atoms with Crippen molar-refractivity contribution in [1.29, 1.82) is 0 Å².